The van der Waals surface area contributed by atoms with Gasteiger partial charge in [-0.05, 0) is 37.3 Å². The van der Waals surface area contributed by atoms with E-state index in [9.17, 15) is 13.6 Å². The van der Waals surface area contributed by atoms with Crippen molar-refractivity contribution in [3.05, 3.63) is 65.0 Å². The molecule has 0 saturated carbocycles. The van der Waals surface area contributed by atoms with Gasteiger partial charge in [-0.15, -0.1) is 11.8 Å². The summed E-state index contributed by atoms with van der Waals surface area (Å²) in [5.41, 5.74) is 1.75. The number of rotatable bonds is 3. The van der Waals surface area contributed by atoms with E-state index in [-0.39, 0.29) is 12.2 Å². The van der Waals surface area contributed by atoms with Crippen LogP contribution in [0.5, 0.6) is 0 Å². The van der Waals surface area contributed by atoms with Gasteiger partial charge in [0.15, 0.2) is 0 Å². The molecule has 0 spiro atoms. The Bertz CT molecular complexity index is 966. The Kier molecular flexibility index (Phi) is 3.95. The summed E-state index contributed by atoms with van der Waals surface area (Å²) in [4.78, 5) is 16.5. The van der Waals surface area contributed by atoms with Crippen LogP contribution in [-0.2, 0) is 10.5 Å². The highest BCUT2D eigenvalue weighted by Gasteiger charge is 2.32. The van der Waals surface area contributed by atoms with Crippen LogP contribution in [0.4, 0.5) is 8.78 Å². The van der Waals surface area contributed by atoms with Gasteiger partial charge in [-0.1, -0.05) is 6.07 Å². The number of halogens is 2. The van der Waals surface area contributed by atoms with Crippen LogP contribution in [0.3, 0.4) is 0 Å². The molecule has 1 aliphatic rings. The zero-order valence-electron chi connectivity index (χ0n) is 13.3. The van der Waals surface area contributed by atoms with E-state index in [2.05, 4.69) is 4.98 Å². The second kappa shape index (κ2) is 6.15. The number of fused-ring (bicyclic) bond motifs is 3. The van der Waals surface area contributed by atoms with E-state index >= 15 is 0 Å². The lowest BCUT2D eigenvalue weighted by molar-refractivity contribution is 0.0526. The predicted octanol–water partition coefficient (Wildman–Crippen LogP) is 4.28. The minimum Gasteiger partial charge on any atom is -0.462 e. The summed E-state index contributed by atoms with van der Waals surface area (Å²) in [5, 5.41) is -0.557. The molecule has 0 saturated heterocycles. The summed E-state index contributed by atoms with van der Waals surface area (Å²) in [6.07, 6.45) is 0. The zero-order valence-corrected chi connectivity index (χ0v) is 14.1. The van der Waals surface area contributed by atoms with Crippen LogP contribution in [-0.4, -0.2) is 22.1 Å². The van der Waals surface area contributed by atoms with Gasteiger partial charge in [-0.2, -0.15) is 0 Å². The Hall–Kier alpha value is -2.41. The lowest BCUT2D eigenvalue weighted by atomic mass is 10.1. The molecular weight excluding hydrogens is 346 g/mol. The molecule has 1 aliphatic heterocycles. The van der Waals surface area contributed by atoms with Crippen molar-refractivity contribution in [2.24, 2.45) is 0 Å². The fourth-order valence-electron chi connectivity index (χ4n) is 3.03. The van der Waals surface area contributed by atoms with Crippen molar-refractivity contribution in [1.82, 2.24) is 9.55 Å². The lowest BCUT2D eigenvalue weighted by Crippen LogP contribution is -2.09. The van der Waals surface area contributed by atoms with Crippen LogP contribution in [0.2, 0.25) is 0 Å². The minimum atomic E-state index is -0.589. The van der Waals surface area contributed by atoms with Gasteiger partial charge in [0.25, 0.3) is 0 Å². The van der Waals surface area contributed by atoms with E-state index in [0.717, 1.165) is 5.82 Å². The molecule has 0 aliphatic carbocycles. The molecule has 0 radical (unpaired) electrons. The first kappa shape index (κ1) is 16.1. The number of hydrogen-bond acceptors (Lipinski definition) is 4. The topological polar surface area (TPSA) is 44.1 Å². The maximum absolute atomic E-state index is 14.2. The van der Waals surface area contributed by atoms with Crippen molar-refractivity contribution in [3.8, 4) is 0 Å². The van der Waals surface area contributed by atoms with Crippen molar-refractivity contribution in [2.75, 3.05) is 6.61 Å². The molecule has 2 heterocycles. The number of aromatic nitrogens is 2. The molecular formula is C18H14F2N2O2S. The van der Waals surface area contributed by atoms with Crippen molar-refractivity contribution >= 4 is 28.8 Å². The van der Waals surface area contributed by atoms with Crippen LogP contribution in [0.25, 0.3) is 11.0 Å². The second-order valence-corrected chi connectivity index (χ2v) is 6.69. The average molecular weight is 360 g/mol. The van der Waals surface area contributed by atoms with E-state index in [1.807, 2.05) is 0 Å². The van der Waals surface area contributed by atoms with E-state index in [1.54, 1.807) is 29.7 Å². The van der Waals surface area contributed by atoms with Crippen molar-refractivity contribution in [1.29, 1.82) is 0 Å². The number of esters is 1. The maximum Gasteiger partial charge on any atom is 0.338 e. The molecule has 1 atom stereocenters. The van der Waals surface area contributed by atoms with Crippen LogP contribution < -0.4 is 0 Å². The molecule has 1 aromatic heterocycles. The fraction of sp³-hybridized carbons (Fsp3) is 0.222. The van der Waals surface area contributed by atoms with E-state index in [1.165, 1.54) is 30.0 Å². The molecule has 25 heavy (non-hydrogen) atoms. The summed E-state index contributed by atoms with van der Waals surface area (Å²) < 4.78 is 35.3. The Labute approximate surface area is 146 Å². The number of hydrogen-bond donors (Lipinski definition) is 0. The SMILES string of the molecule is CCOC(=O)c1ccc2nc3n(c2c1)C(c1c(F)cccc1F)SC3. The highest BCUT2D eigenvalue weighted by molar-refractivity contribution is 7.99. The Balaban J connectivity index is 1.87. The van der Waals surface area contributed by atoms with Gasteiger partial charge in [-0.25, -0.2) is 18.6 Å². The first-order valence-corrected chi connectivity index (χ1v) is 8.88. The molecule has 0 amide bonds. The van der Waals surface area contributed by atoms with Gasteiger partial charge >= 0.3 is 5.97 Å². The van der Waals surface area contributed by atoms with Crippen LogP contribution in [0, 0.1) is 11.6 Å². The minimum absolute atomic E-state index is 0.00656. The average Bonchev–Trinajstić information content (AvgIpc) is 3.14. The highest BCUT2D eigenvalue weighted by atomic mass is 32.2. The molecule has 3 aromatic rings. The van der Waals surface area contributed by atoms with Crippen LogP contribution in [0.15, 0.2) is 36.4 Å². The maximum atomic E-state index is 14.2. The number of carbonyl (C=O) groups excluding carboxylic acids is 1. The molecule has 128 valence electrons. The number of carbonyl (C=O) groups is 1. The van der Waals surface area contributed by atoms with E-state index in [0.29, 0.717) is 22.3 Å². The summed E-state index contributed by atoms with van der Waals surface area (Å²) in [6, 6.07) is 8.89. The largest absolute Gasteiger partial charge is 0.462 e. The summed E-state index contributed by atoms with van der Waals surface area (Å²) >= 11 is 1.40. The van der Waals surface area contributed by atoms with Crippen molar-refractivity contribution in [2.45, 2.75) is 18.1 Å². The van der Waals surface area contributed by atoms with E-state index < -0.39 is 23.0 Å². The van der Waals surface area contributed by atoms with Gasteiger partial charge in [0, 0.05) is 0 Å². The third-order valence-electron chi connectivity index (χ3n) is 4.13. The lowest BCUT2D eigenvalue weighted by Gasteiger charge is -2.16. The fourth-order valence-corrected chi connectivity index (χ4v) is 4.32. The molecule has 4 nitrogen and oxygen atoms in total. The van der Waals surface area contributed by atoms with Gasteiger partial charge in [0.1, 0.15) is 22.8 Å². The Morgan fingerprint density at radius 3 is 2.80 bits per heavy atom. The third-order valence-corrected chi connectivity index (χ3v) is 5.31. The predicted molar refractivity (Wildman–Crippen MR) is 91.5 cm³/mol. The molecule has 2 aromatic carbocycles. The smallest absolute Gasteiger partial charge is 0.338 e. The standard InChI is InChI=1S/C18H14F2N2O2S/c1-2-24-18(23)10-6-7-13-14(8-10)22-15(21-13)9-25-17(22)16-11(19)4-3-5-12(16)20/h3-8,17H,2,9H2,1H3. The summed E-state index contributed by atoms with van der Waals surface area (Å²) in [6.45, 7) is 2.01. The van der Waals surface area contributed by atoms with Crippen LogP contribution >= 0.6 is 11.8 Å². The van der Waals surface area contributed by atoms with Crippen LogP contribution in [0.1, 0.15) is 34.0 Å². The first-order valence-electron chi connectivity index (χ1n) is 7.83. The Morgan fingerprint density at radius 2 is 2.08 bits per heavy atom. The highest BCUT2D eigenvalue weighted by Crippen LogP contribution is 2.44. The number of imidazole rings is 1. The molecule has 0 bridgehead atoms. The normalized spacial score (nSPS) is 16.2. The number of benzene rings is 2. The van der Waals surface area contributed by atoms with Crippen molar-refractivity contribution in [3.63, 3.8) is 0 Å². The zero-order chi connectivity index (χ0) is 17.6. The monoisotopic (exact) mass is 360 g/mol. The van der Waals surface area contributed by atoms with Crippen molar-refractivity contribution < 1.29 is 18.3 Å². The number of nitrogens with zero attached hydrogens (tertiary/aromatic N) is 2. The first-order chi connectivity index (χ1) is 12.1. The molecule has 1 unspecified atom stereocenters. The summed E-state index contributed by atoms with van der Waals surface area (Å²) in [7, 11) is 0. The van der Waals surface area contributed by atoms with Gasteiger partial charge < -0.3 is 9.30 Å². The molecule has 4 rings (SSSR count). The molecule has 7 heteroatoms. The van der Waals surface area contributed by atoms with Gasteiger partial charge in [0.05, 0.1) is 34.5 Å². The summed E-state index contributed by atoms with van der Waals surface area (Å²) in [5.74, 6) is -0.336. The molecule has 0 N–H and O–H groups in total. The molecule has 0 fully saturated rings. The number of ether oxygens (including phenoxy) is 1. The number of thioether (sulfide) groups is 1. The van der Waals surface area contributed by atoms with Gasteiger partial charge in [0.2, 0.25) is 0 Å². The van der Waals surface area contributed by atoms with E-state index in [4.69, 9.17) is 4.74 Å². The second-order valence-electron chi connectivity index (χ2n) is 5.62. The van der Waals surface area contributed by atoms with Gasteiger partial charge in [-0.3, -0.25) is 0 Å². The Morgan fingerprint density at radius 1 is 1.32 bits per heavy atom. The quantitative estimate of drug-likeness (QED) is 0.654. The third kappa shape index (κ3) is 2.59.